The van der Waals surface area contributed by atoms with E-state index in [0.717, 1.165) is 24.3 Å². The highest BCUT2D eigenvalue weighted by atomic mass is 16.5. The van der Waals surface area contributed by atoms with Gasteiger partial charge in [-0.1, -0.05) is 0 Å². The van der Waals surface area contributed by atoms with Crippen molar-refractivity contribution in [1.29, 1.82) is 0 Å². The molecule has 0 aromatic heterocycles. The van der Waals surface area contributed by atoms with E-state index >= 15 is 0 Å². The molecule has 21 heavy (non-hydrogen) atoms. The SMILES string of the molecule is CC(C)Oc1ccc(NC(=O)C2C3CCC(C3)C2N)cc1. The Hall–Kier alpha value is -1.55. The molecule has 0 saturated heterocycles. The van der Waals surface area contributed by atoms with Crippen LogP contribution in [0.2, 0.25) is 0 Å². The van der Waals surface area contributed by atoms with E-state index in [0.29, 0.717) is 11.8 Å². The van der Waals surface area contributed by atoms with Crippen LogP contribution in [-0.2, 0) is 4.79 Å². The zero-order chi connectivity index (χ0) is 15.0. The summed E-state index contributed by atoms with van der Waals surface area (Å²) in [5, 5.41) is 3.01. The van der Waals surface area contributed by atoms with Gasteiger partial charge in [0.05, 0.1) is 12.0 Å². The summed E-state index contributed by atoms with van der Waals surface area (Å²) in [4.78, 5) is 12.5. The van der Waals surface area contributed by atoms with Crippen molar-refractivity contribution in [3.8, 4) is 5.75 Å². The normalized spacial score (nSPS) is 30.7. The van der Waals surface area contributed by atoms with Crippen molar-refractivity contribution < 1.29 is 9.53 Å². The van der Waals surface area contributed by atoms with Crippen molar-refractivity contribution in [2.45, 2.75) is 45.3 Å². The molecule has 2 fully saturated rings. The number of hydrogen-bond donors (Lipinski definition) is 2. The number of nitrogens with one attached hydrogen (secondary N) is 1. The topological polar surface area (TPSA) is 64.3 Å². The van der Waals surface area contributed by atoms with Crippen LogP contribution in [0.15, 0.2) is 24.3 Å². The number of hydrogen-bond acceptors (Lipinski definition) is 3. The molecule has 0 radical (unpaired) electrons. The Morgan fingerprint density at radius 2 is 1.90 bits per heavy atom. The molecular formula is C17H24N2O2. The van der Waals surface area contributed by atoms with Gasteiger partial charge in [-0.3, -0.25) is 4.79 Å². The number of benzene rings is 1. The molecule has 4 unspecified atom stereocenters. The fourth-order valence-electron chi connectivity index (χ4n) is 3.84. The van der Waals surface area contributed by atoms with Crippen LogP contribution in [0.4, 0.5) is 5.69 Å². The predicted octanol–water partition coefficient (Wildman–Crippen LogP) is 2.79. The third-order valence-electron chi connectivity index (χ3n) is 4.78. The van der Waals surface area contributed by atoms with Crippen LogP contribution in [0.1, 0.15) is 33.1 Å². The number of carbonyl (C=O) groups excluding carboxylic acids is 1. The van der Waals surface area contributed by atoms with Crippen LogP contribution in [0.25, 0.3) is 0 Å². The lowest BCUT2D eigenvalue weighted by Gasteiger charge is -2.27. The standard InChI is InChI=1S/C17H24N2O2/c1-10(2)21-14-7-5-13(6-8-14)19-17(20)15-11-3-4-12(9-11)16(15)18/h5-8,10-12,15-16H,3-4,9,18H2,1-2H3,(H,19,20). The minimum Gasteiger partial charge on any atom is -0.491 e. The third kappa shape index (κ3) is 2.91. The fourth-order valence-corrected chi connectivity index (χ4v) is 3.84. The van der Waals surface area contributed by atoms with E-state index in [9.17, 15) is 4.79 Å². The van der Waals surface area contributed by atoms with Crippen LogP contribution in [0.3, 0.4) is 0 Å². The maximum absolute atomic E-state index is 12.5. The molecule has 2 bridgehead atoms. The first kappa shape index (κ1) is 14.4. The summed E-state index contributed by atoms with van der Waals surface area (Å²) in [6.45, 7) is 3.98. The van der Waals surface area contributed by atoms with Gasteiger partial charge in [0.1, 0.15) is 5.75 Å². The molecule has 0 aliphatic heterocycles. The van der Waals surface area contributed by atoms with Crippen molar-refractivity contribution in [2.24, 2.45) is 23.5 Å². The third-order valence-corrected chi connectivity index (χ3v) is 4.78. The predicted molar refractivity (Wildman–Crippen MR) is 83.1 cm³/mol. The van der Waals surface area contributed by atoms with E-state index in [4.69, 9.17) is 10.5 Å². The van der Waals surface area contributed by atoms with Crippen LogP contribution < -0.4 is 15.8 Å². The van der Waals surface area contributed by atoms with Gasteiger partial charge < -0.3 is 15.8 Å². The Balaban J connectivity index is 1.62. The largest absolute Gasteiger partial charge is 0.491 e. The van der Waals surface area contributed by atoms with Crippen LogP contribution in [-0.4, -0.2) is 18.1 Å². The Morgan fingerprint density at radius 1 is 1.24 bits per heavy atom. The van der Waals surface area contributed by atoms with Crippen LogP contribution in [0, 0.1) is 17.8 Å². The highest BCUT2D eigenvalue weighted by molar-refractivity contribution is 5.93. The van der Waals surface area contributed by atoms with Gasteiger partial charge in [0, 0.05) is 11.7 Å². The molecule has 114 valence electrons. The molecule has 2 aliphatic carbocycles. The molecule has 0 spiro atoms. The Bertz CT molecular complexity index is 510. The molecule has 1 amide bonds. The van der Waals surface area contributed by atoms with E-state index < -0.39 is 0 Å². The molecule has 1 aromatic carbocycles. The van der Waals surface area contributed by atoms with Gasteiger partial charge in [-0.15, -0.1) is 0 Å². The van der Waals surface area contributed by atoms with Crippen LogP contribution >= 0.6 is 0 Å². The first-order valence-corrected chi connectivity index (χ1v) is 7.88. The lowest BCUT2D eigenvalue weighted by atomic mass is 9.84. The second-order valence-electron chi connectivity index (χ2n) is 6.62. The number of nitrogens with two attached hydrogens (primary N) is 1. The van der Waals surface area contributed by atoms with Crippen molar-refractivity contribution in [2.75, 3.05) is 5.32 Å². The van der Waals surface area contributed by atoms with E-state index in [1.807, 2.05) is 38.1 Å². The molecule has 4 heteroatoms. The van der Waals surface area contributed by atoms with E-state index in [1.54, 1.807) is 0 Å². The Kier molecular flexibility index (Phi) is 3.89. The van der Waals surface area contributed by atoms with Gasteiger partial charge >= 0.3 is 0 Å². The molecule has 0 heterocycles. The zero-order valence-corrected chi connectivity index (χ0v) is 12.7. The zero-order valence-electron chi connectivity index (χ0n) is 12.7. The average Bonchev–Trinajstić information content (AvgIpc) is 3.01. The second kappa shape index (κ2) is 5.68. The van der Waals surface area contributed by atoms with Crippen molar-refractivity contribution in [3.05, 3.63) is 24.3 Å². The van der Waals surface area contributed by atoms with E-state index in [-0.39, 0.29) is 24.0 Å². The lowest BCUT2D eigenvalue weighted by molar-refractivity contribution is -0.121. The lowest BCUT2D eigenvalue weighted by Crippen LogP contribution is -2.42. The van der Waals surface area contributed by atoms with Gasteiger partial charge in [0.15, 0.2) is 0 Å². The number of rotatable bonds is 4. The van der Waals surface area contributed by atoms with E-state index in [1.165, 1.54) is 6.42 Å². The van der Waals surface area contributed by atoms with Gasteiger partial charge in [-0.25, -0.2) is 0 Å². The van der Waals surface area contributed by atoms with Gasteiger partial charge in [0.25, 0.3) is 0 Å². The molecule has 3 N–H and O–H groups in total. The Morgan fingerprint density at radius 3 is 2.48 bits per heavy atom. The highest BCUT2D eigenvalue weighted by Gasteiger charge is 2.49. The Labute approximate surface area is 126 Å². The smallest absolute Gasteiger partial charge is 0.229 e. The quantitative estimate of drug-likeness (QED) is 0.895. The van der Waals surface area contributed by atoms with Gasteiger partial charge in [-0.2, -0.15) is 0 Å². The molecule has 4 nitrogen and oxygen atoms in total. The second-order valence-corrected chi connectivity index (χ2v) is 6.62. The highest BCUT2D eigenvalue weighted by Crippen LogP contribution is 2.47. The summed E-state index contributed by atoms with van der Waals surface area (Å²) in [5.74, 6) is 1.91. The van der Waals surface area contributed by atoms with Gasteiger partial charge in [-0.05, 0) is 69.2 Å². The number of anilines is 1. The summed E-state index contributed by atoms with van der Waals surface area (Å²) in [6.07, 6.45) is 3.62. The summed E-state index contributed by atoms with van der Waals surface area (Å²) >= 11 is 0. The fraction of sp³-hybridized carbons (Fsp3) is 0.588. The summed E-state index contributed by atoms with van der Waals surface area (Å²) in [7, 11) is 0. The number of amides is 1. The first-order chi connectivity index (χ1) is 10.0. The molecule has 2 aliphatic rings. The molecular weight excluding hydrogens is 264 g/mol. The minimum absolute atomic E-state index is 0.0182. The number of fused-ring (bicyclic) bond motifs is 2. The first-order valence-electron chi connectivity index (χ1n) is 7.88. The van der Waals surface area contributed by atoms with Crippen molar-refractivity contribution in [1.82, 2.24) is 0 Å². The number of carbonyl (C=O) groups is 1. The maximum atomic E-state index is 12.5. The maximum Gasteiger partial charge on any atom is 0.229 e. The van der Waals surface area contributed by atoms with Crippen LogP contribution in [0.5, 0.6) is 5.75 Å². The monoisotopic (exact) mass is 288 g/mol. The summed E-state index contributed by atoms with van der Waals surface area (Å²) < 4.78 is 5.60. The van der Waals surface area contributed by atoms with Gasteiger partial charge in [0.2, 0.25) is 5.91 Å². The van der Waals surface area contributed by atoms with Crippen molar-refractivity contribution in [3.63, 3.8) is 0 Å². The van der Waals surface area contributed by atoms with E-state index in [2.05, 4.69) is 5.32 Å². The number of ether oxygens (including phenoxy) is 1. The summed E-state index contributed by atoms with van der Waals surface area (Å²) in [6, 6.07) is 7.57. The average molecular weight is 288 g/mol. The molecule has 4 atom stereocenters. The molecule has 3 rings (SSSR count). The van der Waals surface area contributed by atoms with Crippen molar-refractivity contribution >= 4 is 11.6 Å². The minimum atomic E-state index is -0.0182. The molecule has 2 saturated carbocycles. The summed E-state index contributed by atoms with van der Waals surface area (Å²) in [5.41, 5.74) is 7.03. The molecule has 1 aromatic rings.